The van der Waals surface area contributed by atoms with Crippen molar-refractivity contribution in [2.75, 3.05) is 25.4 Å². The summed E-state index contributed by atoms with van der Waals surface area (Å²) < 4.78 is 28.6. The van der Waals surface area contributed by atoms with E-state index in [1.807, 2.05) is 74.5 Å². The molecule has 0 saturated carbocycles. The van der Waals surface area contributed by atoms with Crippen molar-refractivity contribution >= 4 is 27.6 Å². The van der Waals surface area contributed by atoms with Crippen molar-refractivity contribution in [1.82, 2.24) is 25.2 Å². The van der Waals surface area contributed by atoms with Gasteiger partial charge in [-0.2, -0.15) is 4.31 Å². The summed E-state index contributed by atoms with van der Waals surface area (Å²) in [7, 11) is -3.89. The lowest BCUT2D eigenvalue weighted by molar-refractivity contribution is -0.123. The van der Waals surface area contributed by atoms with Gasteiger partial charge in [0.1, 0.15) is 6.04 Å². The lowest BCUT2D eigenvalue weighted by Crippen LogP contribution is -2.53. The average molecular weight is 701 g/mol. The summed E-state index contributed by atoms with van der Waals surface area (Å²) >= 11 is 0. The van der Waals surface area contributed by atoms with Crippen molar-refractivity contribution in [2.45, 2.75) is 62.6 Å². The molecule has 266 valence electrons. The third-order valence-corrected chi connectivity index (χ3v) is 10.3. The van der Waals surface area contributed by atoms with Crippen LogP contribution in [0.2, 0.25) is 0 Å². The molecule has 0 spiro atoms. The minimum Gasteiger partial charge on any atom is -0.399 e. The normalized spacial score (nSPS) is 12.8. The van der Waals surface area contributed by atoms with Crippen LogP contribution in [0.25, 0.3) is 0 Å². The van der Waals surface area contributed by atoms with Gasteiger partial charge in [0.15, 0.2) is 0 Å². The zero-order valence-corrected chi connectivity index (χ0v) is 29.4. The molecule has 0 aliphatic rings. The number of carbonyl (C=O) groups excluding carboxylic acids is 2. The van der Waals surface area contributed by atoms with Gasteiger partial charge >= 0.3 is 6.03 Å². The maximum absolute atomic E-state index is 13.9. The maximum Gasteiger partial charge on any atom is 0.315 e. The van der Waals surface area contributed by atoms with Crippen LogP contribution in [-0.4, -0.2) is 66.5 Å². The molecule has 11 nitrogen and oxygen atoms in total. The van der Waals surface area contributed by atoms with E-state index in [2.05, 4.69) is 20.9 Å². The topological polar surface area (TPSA) is 167 Å². The largest absolute Gasteiger partial charge is 0.399 e. The van der Waals surface area contributed by atoms with Crippen LogP contribution in [0.3, 0.4) is 0 Å². The Morgan fingerprint density at radius 3 is 2.00 bits per heavy atom. The summed E-state index contributed by atoms with van der Waals surface area (Å²) in [5.41, 5.74) is 8.84. The van der Waals surface area contributed by atoms with Crippen LogP contribution >= 0.6 is 0 Å². The second-order valence-corrected chi connectivity index (χ2v) is 14.5. The number of carbonyl (C=O) groups is 2. The molecule has 6 N–H and O–H groups in total. The molecule has 0 aliphatic heterocycles. The number of nitrogens with two attached hydrogens (primary N) is 1. The summed E-state index contributed by atoms with van der Waals surface area (Å²) in [6.07, 6.45) is 4.76. The van der Waals surface area contributed by atoms with E-state index in [-0.39, 0.29) is 36.4 Å². The monoisotopic (exact) mass is 700 g/mol. The Labute approximate surface area is 295 Å². The van der Waals surface area contributed by atoms with E-state index in [4.69, 9.17) is 5.73 Å². The fourth-order valence-electron chi connectivity index (χ4n) is 5.80. The number of nitrogen functional groups attached to an aromatic ring is 1. The van der Waals surface area contributed by atoms with E-state index in [0.717, 1.165) is 16.7 Å². The number of pyridine rings is 1. The number of nitrogens with one attached hydrogen (secondary N) is 3. The average Bonchev–Trinajstić information content (AvgIpc) is 3.12. The van der Waals surface area contributed by atoms with Crippen LogP contribution in [0.15, 0.2) is 114 Å². The number of urea groups is 1. The van der Waals surface area contributed by atoms with Crippen LogP contribution in [0, 0.1) is 5.92 Å². The van der Waals surface area contributed by atoms with E-state index < -0.39 is 34.1 Å². The minimum atomic E-state index is -3.89. The minimum absolute atomic E-state index is 0.0282. The van der Waals surface area contributed by atoms with E-state index in [1.54, 1.807) is 36.7 Å². The van der Waals surface area contributed by atoms with Gasteiger partial charge in [-0.05, 0) is 71.8 Å². The van der Waals surface area contributed by atoms with Crippen LogP contribution in [-0.2, 0) is 21.4 Å². The molecule has 4 rings (SSSR count). The van der Waals surface area contributed by atoms with Gasteiger partial charge in [0.05, 0.1) is 11.5 Å². The van der Waals surface area contributed by atoms with Gasteiger partial charge in [0.2, 0.25) is 15.9 Å². The quantitative estimate of drug-likeness (QED) is 0.0744. The number of unbranched alkanes of at least 4 members (excludes halogenated alkanes) is 1. The van der Waals surface area contributed by atoms with Crippen molar-refractivity contribution in [3.63, 3.8) is 0 Å². The first-order valence-corrected chi connectivity index (χ1v) is 18.3. The smallest absolute Gasteiger partial charge is 0.315 e. The second-order valence-electron chi connectivity index (χ2n) is 12.6. The van der Waals surface area contributed by atoms with Crippen LogP contribution in [0.5, 0.6) is 0 Å². The molecule has 0 bridgehead atoms. The Bertz CT molecular complexity index is 1690. The SMILES string of the molecule is CC(C)CN([C@H](CO)CCCCNC(=O)[C@@H](NC(=O)NCc1ccncc1)C(c1ccccc1)c1ccccc1)S(=O)(=O)c1ccc(N)cc1. The van der Waals surface area contributed by atoms with Gasteiger partial charge in [-0.25, -0.2) is 13.2 Å². The van der Waals surface area contributed by atoms with Crippen molar-refractivity contribution in [3.05, 3.63) is 126 Å². The standard InChI is InChI=1S/C38H48N6O5S/c1-28(2)26-44(50(48,49)34-18-16-32(39)17-19-34)33(27-45)15-9-10-22-41-37(46)36(43-38(47)42-25-29-20-23-40-24-21-29)35(30-11-5-3-6-12-30)31-13-7-4-8-14-31/h3-8,11-14,16-21,23-24,28,33,35-36,45H,9-10,15,22,25-27,39H2,1-2H3,(H,41,46)(H2,42,43,47)/t33-,36-/m0/s1. The van der Waals surface area contributed by atoms with Crippen molar-refractivity contribution < 1.29 is 23.1 Å². The third kappa shape index (κ3) is 10.9. The molecule has 1 aromatic heterocycles. The highest BCUT2D eigenvalue weighted by atomic mass is 32.2. The van der Waals surface area contributed by atoms with Gasteiger partial charge in [-0.1, -0.05) is 80.9 Å². The number of amides is 3. The molecule has 0 unspecified atom stereocenters. The van der Waals surface area contributed by atoms with Gasteiger partial charge in [0.25, 0.3) is 0 Å². The highest BCUT2D eigenvalue weighted by Gasteiger charge is 2.33. The fourth-order valence-corrected chi connectivity index (χ4v) is 7.61. The summed E-state index contributed by atoms with van der Waals surface area (Å²) in [6.45, 7) is 4.31. The van der Waals surface area contributed by atoms with Crippen LogP contribution in [0.4, 0.5) is 10.5 Å². The van der Waals surface area contributed by atoms with Gasteiger partial charge in [-0.15, -0.1) is 0 Å². The molecule has 12 heteroatoms. The zero-order chi connectivity index (χ0) is 35.9. The first kappa shape index (κ1) is 38.0. The molecule has 3 amide bonds. The Morgan fingerprint density at radius 2 is 1.44 bits per heavy atom. The number of aromatic nitrogens is 1. The zero-order valence-electron chi connectivity index (χ0n) is 28.6. The van der Waals surface area contributed by atoms with Crippen molar-refractivity contribution in [1.29, 1.82) is 0 Å². The van der Waals surface area contributed by atoms with Gasteiger partial charge in [0, 0.05) is 49.7 Å². The molecule has 3 aromatic carbocycles. The van der Waals surface area contributed by atoms with E-state index >= 15 is 0 Å². The predicted octanol–water partition coefficient (Wildman–Crippen LogP) is 4.66. The molecule has 50 heavy (non-hydrogen) atoms. The van der Waals surface area contributed by atoms with Gasteiger partial charge < -0.3 is 26.8 Å². The Kier molecular flexibility index (Phi) is 14.3. The number of sulfonamides is 1. The second kappa shape index (κ2) is 18.8. The first-order valence-electron chi connectivity index (χ1n) is 16.9. The van der Waals surface area contributed by atoms with Crippen LogP contribution in [0.1, 0.15) is 55.7 Å². The number of benzene rings is 3. The van der Waals surface area contributed by atoms with Crippen molar-refractivity contribution in [3.8, 4) is 0 Å². The molecule has 4 aromatic rings. The number of nitrogens with zero attached hydrogens (tertiary/aromatic N) is 2. The third-order valence-electron chi connectivity index (χ3n) is 8.34. The molecule has 0 fully saturated rings. The summed E-state index contributed by atoms with van der Waals surface area (Å²) in [6, 6.07) is 26.7. The molecule has 0 saturated heterocycles. The number of aliphatic hydroxyl groups excluding tert-OH is 1. The number of rotatable bonds is 18. The van der Waals surface area contributed by atoms with E-state index in [0.29, 0.717) is 31.5 Å². The number of hydrogen-bond donors (Lipinski definition) is 5. The molecule has 2 atom stereocenters. The van der Waals surface area contributed by atoms with Crippen LogP contribution < -0.4 is 21.7 Å². The lowest BCUT2D eigenvalue weighted by atomic mass is 9.84. The van der Waals surface area contributed by atoms with Crippen molar-refractivity contribution in [2.24, 2.45) is 5.92 Å². The molecule has 0 radical (unpaired) electrons. The Morgan fingerprint density at radius 1 is 0.840 bits per heavy atom. The summed E-state index contributed by atoms with van der Waals surface area (Å²) in [5, 5.41) is 19.1. The highest BCUT2D eigenvalue weighted by Crippen LogP contribution is 2.29. The number of hydrogen-bond acceptors (Lipinski definition) is 7. The predicted molar refractivity (Wildman–Crippen MR) is 195 cm³/mol. The molecular weight excluding hydrogens is 653 g/mol. The highest BCUT2D eigenvalue weighted by molar-refractivity contribution is 7.89. The fraction of sp³-hybridized carbons (Fsp3) is 0.342. The molecular formula is C38H48N6O5S. The summed E-state index contributed by atoms with van der Waals surface area (Å²) in [4.78, 5) is 31.3. The first-order chi connectivity index (χ1) is 24.1. The van der Waals surface area contributed by atoms with E-state index in [9.17, 15) is 23.1 Å². The van der Waals surface area contributed by atoms with Gasteiger partial charge in [-0.3, -0.25) is 9.78 Å². The lowest BCUT2D eigenvalue weighted by Gasteiger charge is -2.31. The molecule has 0 aliphatic carbocycles. The Balaban J connectivity index is 1.45. The maximum atomic E-state index is 13.9. The molecule has 1 heterocycles. The van der Waals surface area contributed by atoms with E-state index in [1.165, 1.54) is 16.4 Å². The summed E-state index contributed by atoms with van der Waals surface area (Å²) in [5.74, 6) is -0.806. The Hall–Kier alpha value is -4.78. The number of aliphatic hydroxyl groups is 1. The number of anilines is 1.